The molecule has 0 spiro atoms. The van der Waals surface area contributed by atoms with Crippen LogP contribution in [0.15, 0.2) is 47.7 Å². The predicted octanol–water partition coefficient (Wildman–Crippen LogP) is 3.84. The van der Waals surface area contributed by atoms with Crippen molar-refractivity contribution in [3.63, 3.8) is 0 Å². The molecule has 0 radical (unpaired) electrons. The molecule has 4 rings (SSSR count). The van der Waals surface area contributed by atoms with Gasteiger partial charge in [-0.15, -0.1) is 24.0 Å². The number of ether oxygens (including phenoxy) is 1. The Morgan fingerprint density at radius 1 is 1.30 bits per heavy atom. The molecule has 1 fully saturated rings. The summed E-state index contributed by atoms with van der Waals surface area (Å²) in [5.41, 5.74) is 3.09. The number of anilines is 1. The van der Waals surface area contributed by atoms with Crippen LogP contribution in [0.2, 0.25) is 0 Å². The number of benzene rings is 1. The fourth-order valence-electron chi connectivity index (χ4n) is 3.91. The van der Waals surface area contributed by atoms with Gasteiger partial charge in [0.25, 0.3) is 0 Å². The number of H-pyrrole nitrogens is 1. The van der Waals surface area contributed by atoms with E-state index in [1.807, 2.05) is 19.3 Å². The summed E-state index contributed by atoms with van der Waals surface area (Å²) in [5.74, 6) is 1.52. The van der Waals surface area contributed by atoms with E-state index in [9.17, 15) is 4.39 Å². The molecule has 0 saturated carbocycles. The van der Waals surface area contributed by atoms with Gasteiger partial charge in [0.15, 0.2) is 5.96 Å². The minimum absolute atomic E-state index is 0. The lowest BCUT2D eigenvalue weighted by Crippen LogP contribution is -2.41. The Kier molecular flexibility index (Phi) is 9.30. The maximum Gasteiger partial charge on any atom is 0.191 e. The molecule has 3 N–H and O–H groups in total. The fraction of sp³-hybridized carbons (Fsp3) is 0.417. The zero-order valence-corrected chi connectivity index (χ0v) is 21.4. The van der Waals surface area contributed by atoms with Gasteiger partial charge in [0.05, 0.1) is 19.3 Å². The van der Waals surface area contributed by atoms with Gasteiger partial charge >= 0.3 is 0 Å². The van der Waals surface area contributed by atoms with Crippen molar-refractivity contribution >= 4 is 46.7 Å². The molecule has 2 aromatic heterocycles. The highest BCUT2D eigenvalue weighted by Gasteiger charge is 2.17. The van der Waals surface area contributed by atoms with Gasteiger partial charge in [0.1, 0.15) is 11.6 Å². The summed E-state index contributed by atoms with van der Waals surface area (Å²) in [5, 5.41) is 7.57. The molecule has 1 unspecified atom stereocenters. The van der Waals surface area contributed by atoms with Crippen molar-refractivity contribution in [2.24, 2.45) is 4.99 Å². The summed E-state index contributed by atoms with van der Waals surface area (Å²) >= 11 is 0. The number of halogens is 2. The van der Waals surface area contributed by atoms with E-state index in [-0.39, 0.29) is 35.9 Å². The molecule has 3 aromatic rings. The lowest BCUT2D eigenvalue weighted by atomic mass is 10.1. The van der Waals surface area contributed by atoms with E-state index in [0.717, 1.165) is 66.5 Å². The number of hydrogen-bond donors (Lipinski definition) is 3. The first-order valence-electron chi connectivity index (χ1n) is 11.2. The van der Waals surface area contributed by atoms with Crippen molar-refractivity contribution in [2.75, 3.05) is 37.7 Å². The molecule has 1 saturated heterocycles. The van der Waals surface area contributed by atoms with Crippen LogP contribution in [0.1, 0.15) is 25.0 Å². The number of rotatable bonds is 7. The maximum absolute atomic E-state index is 13.6. The molecule has 178 valence electrons. The van der Waals surface area contributed by atoms with E-state index in [2.05, 4.69) is 49.6 Å². The first kappa shape index (κ1) is 25.2. The Labute approximate surface area is 211 Å². The standard InChI is InChI=1S/C24H31FN6O.HI/c1-3-26-24(27-9-8-19-15-28-22-6-5-20(25)12-21(19)22)30-14-18-4-7-23(29-13-18)31-10-11-32-17(2)16-31;/h4-7,12-13,15,17,28H,3,8-11,14,16H2,1-2H3,(H2,26,27,30);1H. The number of hydrogen-bond acceptors (Lipinski definition) is 4. The van der Waals surface area contributed by atoms with Crippen LogP contribution in [0.4, 0.5) is 10.2 Å². The number of aliphatic imine (C=N–C) groups is 1. The summed E-state index contributed by atoms with van der Waals surface area (Å²) in [6.45, 7) is 8.61. The number of morpholine rings is 1. The zero-order valence-electron chi connectivity index (χ0n) is 19.1. The van der Waals surface area contributed by atoms with Gasteiger partial charge in [0, 0.05) is 49.5 Å². The Morgan fingerprint density at radius 2 is 2.18 bits per heavy atom. The van der Waals surface area contributed by atoms with Crippen LogP contribution < -0.4 is 15.5 Å². The SMILES string of the molecule is CCNC(=NCc1ccc(N2CCOC(C)C2)nc1)NCCc1c[nH]c2ccc(F)cc12.I. The largest absolute Gasteiger partial charge is 0.375 e. The number of guanidine groups is 1. The van der Waals surface area contributed by atoms with Crippen LogP contribution in [-0.4, -0.2) is 54.8 Å². The first-order valence-corrected chi connectivity index (χ1v) is 11.2. The van der Waals surface area contributed by atoms with Gasteiger partial charge in [0.2, 0.25) is 0 Å². The van der Waals surface area contributed by atoms with Gasteiger partial charge in [-0.05, 0) is 55.7 Å². The second-order valence-corrected chi connectivity index (χ2v) is 8.03. The number of aromatic amines is 1. The molecular formula is C24H32FIN6O. The van der Waals surface area contributed by atoms with E-state index >= 15 is 0 Å². The van der Waals surface area contributed by atoms with Gasteiger partial charge < -0.3 is 25.3 Å². The van der Waals surface area contributed by atoms with E-state index in [1.165, 1.54) is 6.07 Å². The smallest absolute Gasteiger partial charge is 0.191 e. The summed E-state index contributed by atoms with van der Waals surface area (Å²) in [4.78, 5) is 14.8. The van der Waals surface area contributed by atoms with Gasteiger partial charge in [-0.2, -0.15) is 0 Å². The molecule has 1 aliphatic rings. The van der Waals surface area contributed by atoms with E-state index in [4.69, 9.17) is 4.74 Å². The second kappa shape index (κ2) is 12.2. The van der Waals surface area contributed by atoms with E-state index < -0.39 is 0 Å². The highest BCUT2D eigenvalue weighted by atomic mass is 127. The van der Waals surface area contributed by atoms with Crippen LogP contribution in [-0.2, 0) is 17.7 Å². The van der Waals surface area contributed by atoms with E-state index in [0.29, 0.717) is 13.1 Å². The molecule has 3 heterocycles. The van der Waals surface area contributed by atoms with Crippen molar-refractivity contribution < 1.29 is 9.13 Å². The number of pyridine rings is 1. The summed E-state index contributed by atoms with van der Waals surface area (Å²) in [6, 6.07) is 8.95. The number of nitrogens with one attached hydrogen (secondary N) is 3. The topological polar surface area (TPSA) is 77.6 Å². The Balaban J connectivity index is 0.00000306. The first-order chi connectivity index (χ1) is 15.6. The molecular weight excluding hydrogens is 534 g/mol. The fourth-order valence-corrected chi connectivity index (χ4v) is 3.91. The van der Waals surface area contributed by atoms with E-state index in [1.54, 1.807) is 12.1 Å². The molecule has 0 bridgehead atoms. The van der Waals surface area contributed by atoms with Crippen molar-refractivity contribution in [2.45, 2.75) is 32.9 Å². The van der Waals surface area contributed by atoms with Crippen LogP contribution in [0.3, 0.4) is 0 Å². The third-order valence-electron chi connectivity index (χ3n) is 5.55. The molecule has 0 amide bonds. The molecule has 33 heavy (non-hydrogen) atoms. The third kappa shape index (κ3) is 6.80. The third-order valence-corrected chi connectivity index (χ3v) is 5.55. The lowest BCUT2D eigenvalue weighted by molar-refractivity contribution is 0.0529. The second-order valence-electron chi connectivity index (χ2n) is 8.03. The highest BCUT2D eigenvalue weighted by molar-refractivity contribution is 14.0. The summed E-state index contributed by atoms with van der Waals surface area (Å²) < 4.78 is 19.2. The Hall–Kier alpha value is -2.40. The number of nitrogens with zero attached hydrogens (tertiary/aromatic N) is 3. The number of fused-ring (bicyclic) bond motifs is 1. The van der Waals surface area contributed by atoms with Crippen LogP contribution >= 0.6 is 24.0 Å². The highest BCUT2D eigenvalue weighted by Crippen LogP contribution is 2.19. The average molecular weight is 566 g/mol. The van der Waals surface area contributed by atoms with Crippen molar-refractivity contribution in [1.82, 2.24) is 20.6 Å². The summed E-state index contributed by atoms with van der Waals surface area (Å²) in [6.07, 6.45) is 4.83. The van der Waals surface area contributed by atoms with Crippen molar-refractivity contribution in [3.8, 4) is 0 Å². The van der Waals surface area contributed by atoms with Gasteiger partial charge in [-0.25, -0.2) is 14.4 Å². The van der Waals surface area contributed by atoms with Crippen LogP contribution in [0, 0.1) is 5.82 Å². The Bertz CT molecular complexity index is 1050. The van der Waals surface area contributed by atoms with Gasteiger partial charge in [-0.3, -0.25) is 0 Å². The monoisotopic (exact) mass is 566 g/mol. The lowest BCUT2D eigenvalue weighted by Gasteiger charge is -2.32. The summed E-state index contributed by atoms with van der Waals surface area (Å²) in [7, 11) is 0. The normalized spacial score (nSPS) is 16.5. The quantitative estimate of drug-likeness (QED) is 0.230. The van der Waals surface area contributed by atoms with Crippen LogP contribution in [0.5, 0.6) is 0 Å². The molecule has 1 aromatic carbocycles. The molecule has 9 heteroatoms. The minimum atomic E-state index is -0.219. The van der Waals surface area contributed by atoms with Crippen LogP contribution in [0.25, 0.3) is 10.9 Å². The molecule has 1 atom stereocenters. The van der Waals surface area contributed by atoms with Gasteiger partial charge in [-0.1, -0.05) is 6.07 Å². The zero-order chi connectivity index (χ0) is 22.3. The van der Waals surface area contributed by atoms with Crippen molar-refractivity contribution in [1.29, 1.82) is 0 Å². The predicted molar refractivity (Wildman–Crippen MR) is 142 cm³/mol. The number of aromatic nitrogens is 2. The Morgan fingerprint density at radius 3 is 2.94 bits per heavy atom. The average Bonchev–Trinajstić information content (AvgIpc) is 3.20. The minimum Gasteiger partial charge on any atom is -0.375 e. The molecule has 1 aliphatic heterocycles. The molecule has 0 aliphatic carbocycles. The van der Waals surface area contributed by atoms with Crippen molar-refractivity contribution in [3.05, 3.63) is 59.7 Å². The molecule has 7 nitrogen and oxygen atoms in total. The maximum atomic E-state index is 13.6.